The van der Waals surface area contributed by atoms with Crippen LogP contribution in [-0.4, -0.2) is 43.3 Å². The van der Waals surface area contributed by atoms with E-state index in [1.165, 1.54) is 19.3 Å². The zero-order valence-electron chi connectivity index (χ0n) is 9.11. The lowest BCUT2D eigenvalue weighted by Crippen LogP contribution is -2.44. The fourth-order valence-electron chi connectivity index (χ4n) is 1.88. The van der Waals surface area contributed by atoms with Crippen LogP contribution in [0.15, 0.2) is 0 Å². The van der Waals surface area contributed by atoms with E-state index < -0.39 is 12.7 Å². The predicted octanol–water partition coefficient (Wildman–Crippen LogP) is 2.01. The third-order valence-corrected chi connectivity index (χ3v) is 2.63. The van der Waals surface area contributed by atoms with E-state index >= 15 is 0 Å². The molecule has 0 aromatic rings. The van der Waals surface area contributed by atoms with Crippen LogP contribution in [0, 0.1) is 0 Å². The maximum atomic E-state index is 11.9. The van der Waals surface area contributed by atoms with Gasteiger partial charge in [-0.25, -0.2) is 0 Å². The highest BCUT2D eigenvalue weighted by atomic mass is 19.4. The number of likely N-dealkylation sites (tertiary alicyclic amines) is 1. The first-order valence-corrected chi connectivity index (χ1v) is 5.50. The molecular formula is C10H19F3N2. The van der Waals surface area contributed by atoms with Crippen LogP contribution >= 0.6 is 0 Å². The minimum atomic E-state index is -4.10. The van der Waals surface area contributed by atoms with Crippen molar-refractivity contribution in [3.63, 3.8) is 0 Å². The first-order valence-electron chi connectivity index (χ1n) is 5.50. The molecular weight excluding hydrogens is 205 g/mol. The number of hydrogen-bond acceptors (Lipinski definition) is 2. The summed E-state index contributed by atoms with van der Waals surface area (Å²) in [6.45, 7) is 3.69. The Morgan fingerprint density at radius 2 is 1.80 bits per heavy atom. The molecule has 0 aliphatic carbocycles. The van der Waals surface area contributed by atoms with E-state index in [0.29, 0.717) is 0 Å². The van der Waals surface area contributed by atoms with Crippen molar-refractivity contribution in [1.29, 1.82) is 0 Å². The smallest absolute Gasteiger partial charge is 0.305 e. The Hall–Kier alpha value is -0.290. The van der Waals surface area contributed by atoms with Crippen LogP contribution < -0.4 is 5.32 Å². The Bertz CT molecular complexity index is 176. The van der Waals surface area contributed by atoms with Crippen molar-refractivity contribution in [3.8, 4) is 0 Å². The fraction of sp³-hybridized carbons (Fsp3) is 1.00. The minimum absolute atomic E-state index is 0.0928. The van der Waals surface area contributed by atoms with Crippen molar-refractivity contribution in [1.82, 2.24) is 10.2 Å². The number of piperidine rings is 1. The molecule has 1 N–H and O–H groups in total. The molecule has 1 atom stereocenters. The number of hydrogen-bond donors (Lipinski definition) is 1. The van der Waals surface area contributed by atoms with Gasteiger partial charge in [0.1, 0.15) is 0 Å². The summed E-state index contributed by atoms with van der Waals surface area (Å²) in [6, 6.07) is -0.0928. The fourth-order valence-corrected chi connectivity index (χ4v) is 1.88. The van der Waals surface area contributed by atoms with Crippen LogP contribution in [0.3, 0.4) is 0 Å². The molecule has 1 rings (SSSR count). The van der Waals surface area contributed by atoms with E-state index in [-0.39, 0.29) is 6.04 Å². The highest BCUT2D eigenvalue weighted by Crippen LogP contribution is 2.13. The molecule has 0 spiro atoms. The van der Waals surface area contributed by atoms with E-state index in [1.807, 2.05) is 0 Å². The predicted molar refractivity (Wildman–Crippen MR) is 53.8 cm³/mol. The molecule has 5 heteroatoms. The Morgan fingerprint density at radius 1 is 1.20 bits per heavy atom. The van der Waals surface area contributed by atoms with Gasteiger partial charge in [-0.05, 0) is 32.9 Å². The second-order valence-electron chi connectivity index (χ2n) is 4.26. The molecule has 1 fully saturated rings. The first-order chi connectivity index (χ1) is 6.97. The molecule has 1 heterocycles. The average molecular weight is 224 g/mol. The zero-order valence-corrected chi connectivity index (χ0v) is 9.11. The van der Waals surface area contributed by atoms with Gasteiger partial charge in [0.05, 0.1) is 6.54 Å². The summed E-state index contributed by atoms with van der Waals surface area (Å²) in [5.74, 6) is 0. The molecule has 0 bridgehead atoms. The molecule has 1 saturated heterocycles. The quantitative estimate of drug-likeness (QED) is 0.786. The van der Waals surface area contributed by atoms with Crippen LogP contribution in [-0.2, 0) is 0 Å². The number of rotatable bonds is 4. The Kier molecular flexibility index (Phi) is 4.86. The highest BCUT2D eigenvalue weighted by molar-refractivity contribution is 4.72. The van der Waals surface area contributed by atoms with Gasteiger partial charge in [-0.15, -0.1) is 0 Å². The number of halogens is 3. The lowest BCUT2D eigenvalue weighted by Gasteiger charge is -2.29. The summed E-state index contributed by atoms with van der Waals surface area (Å²) in [6.07, 6.45) is -0.505. The molecule has 1 unspecified atom stereocenters. The summed E-state index contributed by atoms with van der Waals surface area (Å²) < 4.78 is 35.8. The third-order valence-electron chi connectivity index (χ3n) is 2.63. The standard InChI is InChI=1S/C10H19F3N2/c1-9(14-8-10(11,12)13)7-15-5-3-2-4-6-15/h9,14H,2-8H2,1H3. The van der Waals surface area contributed by atoms with Crippen molar-refractivity contribution in [2.24, 2.45) is 0 Å². The van der Waals surface area contributed by atoms with Gasteiger partial charge in [-0.1, -0.05) is 6.42 Å². The van der Waals surface area contributed by atoms with Crippen molar-refractivity contribution in [2.75, 3.05) is 26.2 Å². The molecule has 2 nitrogen and oxygen atoms in total. The van der Waals surface area contributed by atoms with Crippen molar-refractivity contribution >= 4 is 0 Å². The second-order valence-corrected chi connectivity index (χ2v) is 4.26. The lowest BCUT2D eigenvalue weighted by atomic mass is 10.1. The number of nitrogens with zero attached hydrogens (tertiary/aromatic N) is 1. The summed E-state index contributed by atoms with van der Waals surface area (Å²) in [5.41, 5.74) is 0. The number of nitrogens with one attached hydrogen (secondary N) is 1. The normalized spacial score (nSPS) is 21.6. The minimum Gasteiger partial charge on any atom is -0.305 e. The zero-order chi connectivity index (χ0) is 11.3. The topological polar surface area (TPSA) is 15.3 Å². The van der Waals surface area contributed by atoms with E-state index in [9.17, 15) is 13.2 Å². The first kappa shape index (κ1) is 12.8. The Morgan fingerprint density at radius 3 is 2.33 bits per heavy atom. The van der Waals surface area contributed by atoms with Crippen LogP contribution in [0.5, 0.6) is 0 Å². The summed E-state index contributed by atoms with van der Waals surface area (Å²) in [5, 5.41) is 2.50. The van der Waals surface area contributed by atoms with Gasteiger partial charge in [-0.3, -0.25) is 0 Å². The second kappa shape index (κ2) is 5.70. The van der Waals surface area contributed by atoms with E-state index in [0.717, 1.165) is 19.6 Å². The molecule has 90 valence electrons. The molecule has 0 aromatic carbocycles. The highest BCUT2D eigenvalue weighted by Gasteiger charge is 2.27. The molecule has 1 aliphatic rings. The van der Waals surface area contributed by atoms with Gasteiger partial charge in [0.2, 0.25) is 0 Å². The molecule has 15 heavy (non-hydrogen) atoms. The molecule has 0 amide bonds. The summed E-state index contributed by atoms with van der Waals surface area (Å²) >= 11 is 0. The summed E-state index contributed by atoms with van der Waals surface area (Å²) in [4.78, 5) is 2.23. The van der Waals surface area contributed by atoms with Gasteiger partial charge in [-0.2, -0.15) is 13.2 Å². The van der Waals surface area contributed by atoms with E-state index in [1.54, 1.807) is 6.92 Å². The van der Waals surface area contributed by atoms with Gasteiger partial charge >= 0.3 is 6.18 Å². The lowest BCUT2D eigenvalue weighted by molar-refractivity contribution is -0.126. The van der Waals surface area contributed by atoms with Crippen LogP contribution in [0.1, 0.15) is 26.2 Å². The van der Waals surface area contributed by atoms with Crippen molar-refractivity contribution in [3.05, 3.63) is 0 Å². The van der Waals surface area contributed by atoms with Crippen LogP contribution in [0.25, 0.3) is 0 Å². The molecule has 0 saturated carbocycles. The monoisotopic (exact) mass is 224 g/mol. The van der Waals surface area contributed by atoms with E-state index in [2.05, 4.69) is 10.2 Å². The third kappa shape index (κ3) is 5.99. The Balaban J connectivity index is 2.14. The van der Waals surface area contributed by atoms with Gasteiger partial charge in [0.15, 0.2) is 0 Å². The number of alkyl halides is 3. The maximum absolute atomic E-state index is 11.9. The molecule has 0 aromatic heterocycles. The molecule has 1 aliphatic heterocycles. The largest absolute Gasteiger partial charge is 0.401 e. The summed E-state index contributed by atoms with van der Waals surface area (Å²) in [7, 11) is 0. The van der Waals surface area contributed by atoms with Gasteiger partial charge in [0.25, 0.3) is 0 Å². The molecule has 0 radical (unpaired) electrons. The van der Waals surface area contributed by atoms with Crippen molar-refractivity contribution in [2.45, 2.75) is 38.4 Å². The van der Waals surface area contributed by atoms with Gasteiger partial charge < -0.3 is 10.2 Å². The van der Waals surface area contributed by atoms with Gasteiger partial charge in [0, 0.05) is 12.6 Å². The van der Waals surface area contributed by atoms with Crippen LogP contribution in [0.4, 0.5) is 13.2 Å². The van der Waals surface area contributed by atoms with E-state index in [4.69, 9.17) is 0 Å². The average Bonchev–Trinajstić information content (AvgIpc) is 2.15. The van der Waals surface area contributed by atoms with Crippen LogP contribution in [0.2, 0.25) is 0 Å². The Labute approximate surface area is 88.8 Å². The maximum Gasteiger partial charge on any atom is 0.401 e. The van der Waals surface area contributed by atoms with Crippen molar-refractivity contribution < 1.29 is 13.2 Å². The SMILES string of the molecule is CC(CN1CCCCC1)NCC(F)(F)F.